The first-order valence-electron chi connectivity index (χ1n) is 6.09. The molecule has 2 N–H and O–H groups in total. The third kappa shape index (κ3) is 3.88. The molecule has 0 bridgehead atoms. The maximum Gasteiger partial charge on any atom is 0.248 e. The first-order chi connectivity index (χ1) is 9.67. The van der Waals surface area contributed by atoms with Gasteiger partial charge in [0, 0.05) is 17.8 Å². The Hall–Kier alpha value is -2.75. The summed E-state index contributed by atoms with van der Waals surface area (Å²) < 4.78 is 5.11. The van der Waals surface area contributed by atoms with Gasteiger partial charge in [0.2, 0.25) is 5.91 Å². The monoisotopic (exact) mass is 269 g/mol. The topological polar surface area (TPSA) is 58.6 Å². The van der Waals surface area contributed by atoms with Gasteiger partial charge in [0.15, 0.2) is 0 Å². The van der Waals surface area contributed by atoms with Crippen LogP contribution in [0.3, 0.4) is 0 Å². The van der Waals surface area contributed by atoms with E-state index in [-0.39, 0.29) is 11.7 Å². The van der Waals surface area contributed by atoms with Crippen molar-refractivity contribution >= 4 is 17.7 Å². The second-order valence-corrected chi connectivity index (χ2v) is 4.15. The minimum absolute atomic E-state index is 0.111. The van der Waals surface area contributed by atoms with Crippen molar-refractivity contribution in [3.05, 3.63) is 60.2 Å². The number of phenols is 1. The van der Waals surface area contributed by atoms with E-state index >= 15 is 0 Å². The minimum atomic E-state index is -0.265. The predicted octanol–water partition coefficient (Wildman–Crippen LogP) is 3.05. The van der Waals surface area contributed by atoms with Gasteiger partial charge in [0.25, 0.3) is 0 Å². The van der Waals surface area contributed by atoms with Gasteiger partial charge in [-0.05, 0) is 35.9 Å². The summed E-state index contributed by atoms with van der Waals surface area (Å²) in [6, 6.07) is 13.8. The molecule has 2 aromatic rings. The molecule has 2 aromatic carbocycles. The lowest BCUT2D eigenvalue weighted by atomic mass is 10.2. The number of methoxy groups -OCH3 is 1. The van der Waals surface area contributed by atoms with E-state index in [1.807, 2.05) is 24.3 Å². The van der Waals surface area contributed by atoms with Crippen molar-refractivity contribution in [3.63, 3.8) is 0 Å². The lowest BCUT2D eigenvalue weighted by Crippen LogP contribution is -2.07. The Morgan fingerprint density at radius 3 is 2.75 bits per heavy atom. The summed E-state index contributed by atoms with van der Waals surface area (Å²) in [7, 11) is 1.59. The van der Waals surface area contributed by atoms with Crippen molar-refractivity contribution in [2.45, 2.75) is 0 Å². The van der Waals surface area contributed by atoms with Crippen LogP contribution in [0.1, 0.15) is 5.56 Å². The zero-order valence-electron chi connectivity index (χ0n) is 11.0. The molecule has 0 saturated carbocycles. The molecule has 0 saturated heterocycles. The molecular weight excluding hydrogens is 254 g/mol. The Bertz CT molecular complexity index is 635. The highest BCUT2D eigenvalue weighted by Gasteiger charge is 1.99. The van der Waals surface area contributed by atoms with Gasteiger partial charge in [-0.15, -0.1) is 0 Å². The molecule has 0 fully saturated rings. The quantitative estimate of drug-likeness (QED) is 0.839. The Morgan fingerprint density at radius 1 is 1.20 bits per heavy atom. The summed E-state index contributed by atoms with van der Waals surface area (Å²) in [5.74, 6) is 0.582. The van der Waals surface area contributed by atoms with E-state index < -0.39 is 0 Å². The van der Waals surface area contributed by atoms with Crippen LogP contribution in [0.2, 0.25) is 0 Å². The summed E-state index contributed by atoms with van der Waals surface area (Å²) in [4.78, 5) is 11.7. The molecule has 20 heavy (non-hydrogen) atoms. The van der Waals surface area contributed by atoms with Crippen molar-refractivity contribution in [3.8, 4) is 11.5 Å². The number of benzene rings is 2. The van der Waals surface area contributed by atoms with E-state index in [1.165, 1.54) is 12.1 Å². The second kappa shape index (κ2) is 6.43. The van der Waals surface area contributed by atoms with E-state index in [1.54, 1.807) is 31.4 Å². The highest BCUT2D eigenvalue weighted by Crippen LogP contribution is 2.16. The molecule has 4 heteroatoms. The first-order valence-corrected chi connectivity index (χ1v) is 6.09. The number of amides is 1. The van der Waals surface area contributed by atoms with Crippen LogP contribution in [0.25, 0.3) is 6.08 Å². The predicted molar refractivity (Wildman–Crippen MR) is 78.8 cm³/mol. The van der Waals surface area contributed by atoms with Gasteiger partial charge in [0.05, 0.1) is 7.11 Å². The minimum Gasteiger partial charge on any atom is -0.508 e. The van der Waals surface area contributed by atoms with Gasteiger partial charge in [-0.25, -0.2) is 0 Å². The normalized spacial score (nSPS) is 10.4. The summed E-state index contributed by atoms with van der Waals surface area (Å²) in [6.45, 7) is 0. The van der Waals surface area contributed by atoms with Gasteiger partial charge in [-0.1, -0.05) is 18.2 Å². The van der Waals surface area contributed by atoms with E-state index in [4.69, 9.17) is 4.74 Å². The molecule has 0 radical (unpaired) electrons. The molecule has 2 rings (SSSR count). The van der Waals surface area contributed by atoms with Crippen LogP contribution in [0.4, 0.5) is 5.69 Å². The van der Waals surface area contributed by atoms with Crippen molar-refractivity contribution in [2.24, 2.45) is 0 Å². The highest BCUT2D eigenvalue weighted by atomic mass is 16.5. The molecule has 102 valence electrons. The fourth-order valence-corrected chi connectivity index (χ4v) is 1.68. The van der Waals surface area contributed by atoms with E-state index in [9.17, 15) is 9.90 Å². The Labute approximate surface area is 117 Å². The van der Waals surface area contributed by atoms with Crippen molar-refractivity contribution < 1.29 is 14.6 Å². The van der Waals surface area contributed by atoms with E-state index in [2.05, 4.69) is 5.32 Å². The Kier molecular flexibility index (Phi) is 4.39. The zero-order chi connectivity index (χ0) is 14.4. The van der Waals surface area contributed by atoms with Crippen molar-refractivity contribution in [2.75, 3.05) is 12.4 Å². The summed E-state index contributed by atoms with van der Waals surface area (Å²) in [5.41, 5.74) is 1.42. The summed E-state index contributed by atoms with van der Waals surface area (Å²) in [6.07, 6.45) is 3.12. The first kappa shape index (κ1) is 13.7. The molecule has 0 aromatic heterocycles. The molecule has 0 aliphatic rings. The fourth-order valence-electron chi connectivity index (χ4n) is 1.68. The maximum absolute atomic E-state index is 11.7. The average Bonchev–Trinajstić information content (AvgIpc) is 2.45. The number of hydrogen-bond acceptors (Lipinski definition) is 3. The largest absolute Gasteiger partial charge is 0.508 e. The van der Waals surface area contributed by atoms with Gasteiger partial charge >= 0.3 is 0 Å². The number of anilines is 1. The molecular formula is C16H15NO3. The number of carbonyl (C=O) groups is 1. The number of ether oxygens (including phenoxy) is 1. The Balaban J connectivity index is 2.02. The third-order valence-electron chi connectivity index (χ3n) is 2.63. The molecule has 0 aliphatic heterocycles. The molecule has 0 atom stereocenters. The zero-order valence-corrected chi connectivity index (χ0v) is 11.0. The van der Waals surface area contributed by atoms with Crippen LogP contribution in [0, 0.1) is 0 Å². The molecule has 4 nitrogen and oxygen atoms in total. The summed E-state index contributed by atoms with van der Waals surface area (Å²) >= 11 is 0. The number of carbonyl (C=O) groups excluding carboxylic acids is 1. The molecule has 0 heterocycles. The lowest BCUT2D eigenvalue weighted by molar-refractivity contribution is -0.111. The van der Waals surface area contributed by atoms with Crippen molar-refractivity contribution in [1.82, 2.24) is 0 Å². The standard InChI is InChI=1S/C16H15NO3/c1-20-15-7-2-4-12(10-15)8-9-16(19)17-13-5-3-6-14(18)11-13/h2-11,18H,1H3,(H,17,19)/b9-8+. The molecule has 0 spiro atoms. The number of aromatic hydroxyl groups is 1. The third-order valence-corrected chi connectivity index (χ3v) is 2.63. The highest BCUT2D eigenvalue weighted by molar-refractivity contribution is 6.02. The molecule has 1 amide bonds. The number of phenolic OH excluding ortho intramolecular Hbond substituents is 1. The van der Waals surface area contributed by atoms with Crippen LogP contribution in [0.15, 0.2) is 54.6 Å². The van der Waals surface area contributed by atoms with Crippen LogP contribution < -0.4 is 10.1 Å². The van der Waals surface area contributed by atoms with Crippen LogP contribution >= 0.6 is 0 Å². The van der Waals surface area contributed by atoms with E-state index in [0.29, 0.717) is 5.69 Å². The van der Waals surface area contributed by atoms with E-state index in [0.717, 1.165) is 11.3 Å². The van der Waals surface area contributed by atoms with Gasteiger partial charge in [0.1, 0.15) is 11.5 Å². The average molecular weight is 269 g/mol. The fraction of sp³-hybridized carbons (Fsp3) is 0.0625. The summed E-state index contributed by atoms with van der Waals surface area (Å²) in [5, 5.41) is 12.0. The van der Waals surface area contributed by atoms with Crippen molar-refractivity contribution in [1.29, 1.82) is 0 Å². The van der Waals surface area contributed by atoms with Crippen LogP contribution in [-0.4, -0.2) is 18.1 Å². The molecule has 0 aliphatic carbocycles. The van der Waals surface area contributed by atoms with Gasteiger partial charge < -0.3 is 15.2 Å². The smallest absolute Gasteiger partial charge is 0.248 e. The maximum atomic E-state index is 11.7. The number of nitrogens with one attached hydrogen (secondary N) is 1. The SMILES string of the molecule is COc1cccc(/C=C/C(=O)Nc2cccc(O)c2)c1. The Morgan fingerprint density at radius 2 is 2.00 bits per heavy atom. The second-order valence-electron chi connectivity index (χ2n) is 4.15. The van der Waals surface area contributed by atoms with Crippen LogP contribution in [-0.2, 0) is 4.79 Å². The number of rotatable bonds is 4. The molecule has 0 unspecified atom stereocenters. The lowest BCUT2D eigenvalue weighted by Gasteiger charge is -2.02. The number of hydrogen-bond donors (Lipinski definition) is 2. The van der Waals surface area contributed by atoms with Gasteiger partial charge in [-0.2, -0.15) is 0 Å². The van der Waals surface area contributed by atoms with Gasteiger partial charge in [-0.3, -0.25) is 4.79 Å². The van der Waals surface area contributed by atoms with Crippen LogP contribution in [0.5, 0.6) is 11.5 Å².